The van der Waals surface area contributed by atoms with Gasteiger partial charge in [0.15, 0.2) is 5.82 Å². The maximum atomic E-state index is 12.4. The second-order valence-electron chi connectivity index (χ2n) is 7.83. The number of aryl methyl sites for hydroxylation is 1. The third-order valence-electron chi connectivity index (χ3n) is 5.25. The summed E-state index contributed by atoms with van der Waals surface area (Å²) in [6, 6.07) is 9.36. The van der Waals surface area contributed by atoms with E-state index in [1.54, 1.807) is 41.3 Å². The molecule has 0 atom stereocenters. The fourth-order valence-electron chi connectivity index (χ4n) is 3.16. The van der Waals surface area contributed by atoms with Gasteiger partial charge in [0.2, 0.25) is 5.43 Å². The molecule has 158 valence electrons. The number of hydrogen-bond donors (Lipinski definition) is 0. The van der Waals surface area contributed by atoms with Gasteiger partial charge in [0, 0.05) is 56.4 Å². The Balaban J connectivity index is 1.60. The zero-order valence-electron chi connectivity index (χ0n) is 18.0. The van der Waals surface area contributed by atoms with Gasteiger partial charge < -0.3 is 4.74 Å². The summed E-state index contributed by atoms with van der Waals surface area (Å²) in [6.07, 6.45) is 9.16. The number of hydrogen-bond acceptors (Lipinski definition) is 6. The van der Waals surface area contributed by atoms with Gasteiger partial charge in [-0.25, -0.2) is 14.6 Å². The van der Waals surface area contributed by atoms with Crippen molar-refractivity contribution in [2.45, 2.75) is 25.9 Å². The van der Waals surface area contributed by atoms with Crippen LogP contribution in [0.3, 0.4) is 0 Å². The van der Waals surface area contributed by atoms with E-state index in [4.69, 9.17) is 4.74 Å². The predicted octanol–water partition coefficient (Wildman–Crippen LogP) is 2.90. The molecule has 0 spiro atoms. The SMILES string of the molecule is COC(C)(C)c1cnc(-c2cccc(Cc3nn(-c4cnn(C)c4)ccc3=O)c2)nc1. The molecule has 8 nitrogen and oxygen atoms in total. The zero-order chi connectivity index (χ0) is 22.0. The van der Waals surface area contributed by atoms with Gasteiger partial charge in [0.25, 0.3) is 0 Å². The molecular formula is C23H24N6O2. The van der Waals surface area contributed by atoms with Crippen LogP contribution in [0.4, 0.5) is 0 Å². The highest BCUT2D eigenvalue weighted by molar-refractivity contribution is 5.56. The summed E-state index contributed by atoms with van der Waals surface area (Å²) in [5.74, 6) is 0.617. The molecule has 31 heavy (non-hydrogen) atoms. The van der Waals surface area contributed by atoms with Crippen LogP contribution in [-0.2, 0) is 23.8 Å². The van der Waals surface area contributed by atoms with E-state index >= 15 is 0 Å². The van der Waals surface area contributed by atoms with E-state index in [1.165, 1.54) is 6.07 Å². The van der Waals surface area contributed by atoms with Crippen LogP contribution >= 0.6 is 0 Å². The van der Waals surface area contributed by atoms with E-state index in [-0.39, 0.29) is 5.43 Å². The molecule has 0 saturated carbocycles. The van der Waals surface area contributed by atoms with Crippen LogP contribution in [0.25, 0.3) is 17.1 Å². The molecule has 0 fully saturated rings. The Hall–Kier alpha value is -3.65. The van der Waals surface area contributed by atoms with Crippen molar-refractivity contribution in [2.24, 2.45) is 7.05 Å². The first-order valence-corrected chi connectivity index (χ1v) is 9.90. The average Bonchev–Trinajstić information content (AvgIpc) is 3.22. The van der Waals surface area contributed by atoms with Gasteiger partial charge in [-0.3, -0.25) is 9.48 Å². The predicted molar refractivity (Wildman–Crippen MR) is 117 cm³/mol. The van der Waals surface area contributed by atoms with E-state index < -0.39 is 5.60 Å². The number of aromatic nitrogens is 6. The van der Waals surface area contributed by atoms with Crippen LogP contribution in [0.5, 0.6) is 0 Å². The molecule has 3 aromatic heterocycles. The Kier molecular flexibility index (Phi) is 5.48. The summed E-state index contributed by atoms with van der Waals surface area (Å²) in [6.45, 7) is 3.94. The fourth-order valence-corrected chi connectivity index (χ4v) is 3.16. The van der Waals surface area contributed by atoms with Gasteiger partial charge in [0.05, 0.1) is 18.0 Å². The van der Waals surface area contributed by atoms with Crippen molar-refractivity contribution in [1.82, 2.24) is 29.5 Å². The van der Waals surface area contributed by atoms with Crippen molar-refractivity contribution in [2.75, 3.05) is 7.11 Å². The number of rotatable bonds is 6. The molecule has 0 saturated heterocycles. The normalized spacial score (nSPS) is 11.6. The molecule has 0 aliphatic carbocycles. The van der Waals surface area contributed by atoms with Gasteiger partial charge in [-0.15, -0.1) is 0 Å². The quantitative estimate of drug-likeness (QED) is 0.480. The first-order chi connectivity index (χ1) is 14.9. The summed E-state index contributed by atoms with van der Waals surface area (Å²) in [7, 11) is 3.50. The minimum Gasteiger partial charge on any atom is -0.374 e. The van der Waals surface area contributed by atoms with Gasteiger partial charge in [-0.1, -0.05) is 18.2 Å². The van der Waals surface area contributed by atoms with Crippen LogP contribution in [0, 0.1) is 0 Å². The summed E-state index contributed by atoms with van der Waals surface area (Å²) >= 11 is 0. The highest BCUT2D eigenvalue weighted by Crippen LogP contribution is 2.24. The maximum Gasteiger partial charge on any atom is 0.203 e. The number of ether oxygens (including phenoxy) is 1. The lowest BCUT2D eigenvalue weighted by Crippen LogP contribution is -2.20. The fraction of sp³-hybridized carbons (Fsp3) is 0.261. The standard InChI is InChI=1S/C23H24N6O2/c1-23(2,31-4)18-12-24-22(25-13-18)17-7-5-6-16(10-17)11-20-21(30)8-9-29(27-20)19-14-26-28(3)15-19/h5-10,12-15H,11H2,1-4H3. The molecule has 8 heteroatoms. The van der Waals surface area contributed by atoms with Crippen molar-refractivity contribution in [3.05, 3.63) is 88.4 Å². The van der Waals surface area contributed by atoms with Crippen molar-refractivity contribution in [1.29, 1.82) is 0 Å². The molecule has 0 bridgehead atoms. The number of benzene rings is 1. The highest BCUT2D eigenvalue weighted by Gasteiger charge is 2.20. The van der Waals surface area contributed by atoms with Crippen LogP contribution in [0.1, 0.15) is 30.7 Å². The Bertz CT molecular complexity index is 1260. The van der Waals surface area contributed by atoms with Gasteiger partial charge in [0.1, 0.15) is 11.4 Å². The van der Waals surface area contributed by atoms with Crippen molar-refractivity contribution in [3.63, 3.8) is 0 Å². The third-order valence-corrected chi connectivity index (χ3v) is 5.25. The minimum atomic E-state index is -0.451. The molecule has 0 N–H and O–H groups in total. The van der Waals surface area contributed by atoms with Gasteiger partial charge in [-0.2, -0.15) is 10.2 Å². The van der Waals surface area contributed by atoms with E-state index in [0.29, 0.717) is 17.9 Å². The lowest BCUT2D eigenvalue weighted by molar-refractivity contribution is 0.0186. The second-order valence-corrected chi connectivity index (χ2v) is 7.83. The van der Waals surface area contributed by atoms with E-state index in [9.17, 15) is 4.79 Å². The van der Waals surface area contributed by atoms with Crippen LogP contribution in [0.15, 0.2) is 66.1 Å². The summed E-state index contributed by atoms with van der Waals surface area (Å²) in [5.41, 5.74) is 3.44. The van der Waals surface area contributed by atoms with Gasteiger partial charge in [-0.05, 0) is 25.5 Å². The minimum absolute atomic E-state index is 0.104. The van der Waals surface area contributed by atoms with Crippen molar-refractivity contribution in [3.8, 4) is 17.1 Å². The van der Waals surface area contributed by atoms with Crippen LogP contribution < -0.4 is 5.43 Å². The van der Waals surface area contributed by atoms with Crippen molar-refractivity contribution >= 4 is 0 Å². The smallest absolute Gasteiger partial charge is 0.203 e. The topological polar surface area (TPSA) is 87.7 Å². The molecule has 4 rings (SSSR count). The van der Waals surface area contributed by atoms with E-state index in [2.05, 4.69) is 20.2 Å². The molecule has 0 unspecified atom stereocenters. The summed E-state index contributed by atoms with van der Waals surface area (Å²) in [5, 5.41) is 8.66. The average molecular weight is 416 g/mol. The molecule has 3 heterocycles. The molecule has 0 amide bonds. The monoisotopic (exact) mass is 416 g/mol. The lowest BCUT2D eigenvalue weighted by Gasteiger charge is -2.22. The second kappa shape index (κ2) is 8.23. The first-order valence-electron chi connectivity index (χ1n) is 9.90. The van der Waals surface area contributed by atoms with E-state index in [1.807, 2.05) is 51.4 Å². The maximum absolute atomic E-state index is 12.4. The molecule has 4 aromatic rings. The number of methoxy groups -OCH3 is 1. The Morgan fingerprint density at radius 3 is 2.55 bits per heavy atom. The number of nitrogens with zero attached hydrogens (tertiary/aromatic N) is 6. The van der Waals surface area contributed by atoms with Crippen molar-refractivity contribution < 1.29 is 4.74 Å². The molecule has 0 aliphatic rings. The lowest BCUT2D eigenvalue weighted by atomic mass is 10.0. The largest absolute Gasteiger partial charge is 0.374 e. The molecule has 0 radical (unpaired) electrons. The van der Waals surface area contributed by atoms with E-state index in [0.717, 1.165) is 22.4 Å². The van der Waals surface area contributed by atoms with Crippen LogP contribution in [0.2, 0.25) is 0 Å². The zero-order valence-corrected chi connectivity index (χ0v) is 18.0. The molecule has 1 aromatic carbocycles. The van der Waals surface area contributed by atoms with Gasteiger partial charge >= 0.3 is 0 Å². The summed E-state index contributed by atoms with van der Waals surface area (Å²) < 4.78 is 8.84. The highest BCUT2D eigenvalue weighted by atomic mass is 16.5. The molecular weight excluding hydrogens is 392 g/mol. The summed E-state index contributed by atoms with van der Waals surface area (Å²) in [4.78, 5) is 21.4. The Morgan fingerprint density at radius 1 is 1.10 bits per heavy atom. The third kappa shape index (κ3) is 4.44. The molecule has 0 aliphatic heterocycles. The Labute approximate surface area is 180 Å². The first kappa shape index (κ1) is 20.6. The Morgan fingerprint density at radius 2 is 1.87 bits per heavy atom. The van der Waals surface area contributed by atoms with Crippen LogP contribution in [-0.4, -0.2) is 36.6 Å².